The third-order valence-corrected chi connectivity index (χ3v) is 5.79. The van der Waals surface area contributed by atoms with Crippen molar-refractivity contribution in [2.75, 3.05) is 0 Å². The molecule has 0 saturated carbocycles. The molecule has 130 valence electrons. The summed E-state index contributed by atoms with van der Waals surface area (Å²) in [5.41, 5.74) is 5.27. The number of hydrogen-bond donors (Lipinski definition) is 0. The Bertz CT molecular complexity index is 1180. The van der Waals surface area contributed by atoms with Crippen LogP contribution in [-0.4, -0.2) is 9.55 Å². The molecule has 0 N–H and O–H groups in total. The SMILES string of the molecule is Cc1ccc(-c2csc3ncn(Cc4ccccc4Cl)c(=O)c23)c(C)c1. The first-order chi connectivity index (χ1) is 12.5. The molecule has 0 unspecified atom stereocenters. The van der Waals surface area contributed by atoms with E-state index >= 15 is 0 Å². The summed E-state index contributed by atoms with van der Waals surface area (Å²) in [6.07, 6.45) is 1.61. The average molecular weight is 381 g/mol. The van der Waals surface area contributed by atoms with Crippen molar-refractivity contribution in [1.29, 1.82) is 0 Å². The first-order valence-electron chi connectivity index (χ1n) is 8.32. The zero-order chi connectivity index (χ0) is 18.3. The maximum absolute atomic E-state index is 13.2. The van der Waals surface area contributed by atoms with E-state index in [2.05, 4.69) is 37.0 Å². The maximum Gasteiger partial charge on any atom is 0.263 e. The van der Waals surface area contributed by atoms with Gasteiger partial charge in [0.15, 0.2) is 0 Å². The van der Waals surface area contributed by atoms with Gasteiger partial charge in [-0.1, -0.05) is 53.6 Å². The fraction of sp³-hybridized carbons (Fsp3) is 0.143. The number of aromatic nitrogens is 2. The Kier molecular flexibility index (Phi) is 4.39. The Morgan fingerprint density at radius 1 is 1.12 bits per heavy atom. The summed E-state index contributed by atoms with van der Waals surface area (Å²) in [6, 6.07) is 13.9. The number of thiophene rings is 1. The molecule has 2 aromatic heterocycles. The van der Waals surface area contributed by atoms with Gasteiger partial charge in [0.25, 0.3) is 5.56 Å². The summed E-state index contributed by atoms with van der Waals surface area (Å²) in [5.74, 6) is 0. The first-order valence-corrected chi connectivity index (χ1v) is 9.58. The third kappa shape index (κ3) is 2.96. The molecule has 26 heavy (non-hydrogen) atoms. The number of rotatable bonds is 3. The summed E-state index contributed by atoms with van der Waals surface area (Å²) in [6.45, 7) is 4.55. The minimum absolute atomic E-state index is 0.0360. The largest absolute Gasteiger partial charge is 0.294 e. The van der Waals surface area contributed by atoms with E-state index in [0.29, 0.717) is 17.0 Å². The zero-order valence-electron chi connectivity index (χ0n) is 14.5. The summed E-state index contributed by atoms with van der Waals surface area (Å²) in [7, 11) is 0. The second kappa shape index (κ2) is 6.71. The van der Waals surface area contributed by atoms with Gasteiger partial charge in [-0.05, 0) is 36.6 Å². The monoisotopic (exact) mass is 380 g/mol. The standard InChI is InChI=1S/C21H17ClN2OS/c1-13-7-8-16(14(2)9-13)17-11-26-20-19(17)21(25)24(12-23-20)10-15-5-3-4-6-18(15)22/h3-9,11-12H,10H2,1-2H3. The van der Waals surface area contributed by atoms with Crippen LogP contribution in [0.15, 0.2) is 59.0 Å². The van der Waals surface area contributed by atoms with Gasteiger partial charge >= 0.3 is 0 Å². The number of nitrogens with zero attached hydrogens (tertiary/aromatic N) is 2. The molecule has 0 fully saturated rings. The molecule has 0 amide bonds. The second-order valence-corrected chi connectivity index (χ2v) is 7.68. The molecule has 2 aromatic carbocycles. The Balaban J connectivity index is 1.87. The fourth-order valence-electron chi connectivity index (χ4n) is 3.20. The molecule has 0 aliphatic carbocycles. The van der Waals surface area contributed by atoms with Crippen molar-refractivity contribution in [3.05, 3.63) is 86.2 Å². The molecule has 0 aliphatic rings. The van der Waals surface area contributed by atoms with E-state index < -0.39 is 0 Å². The van der Waals surface area contributed by atoms with E-state index in [1.54, 1.807) is 10.9 Å². The van der Waals surface area contributed by atoms with Crippen LogP contribution in [0.4, 0.5) is 0 Å². The number of hydrogen-bond acceptors (Lipinski definition) is 3. The zero-order valence-corrected chi connectivity index (χ0v) is 16.1. The highest BCUT2D eigenvalue weighted by Gasteiger charge is 2.15. The molecule has 0 aliphatic heterocycles. The van der Waals surface area contributed by atoms with E-state index in [4.69, 9.17) is 11.6 Å². The quantitative estimate of drug-likeness (QED) is 0.474. The molecule has 0 bridgehead atoms. The van der Waals surface area contributed by atoms with E-state index in [-0.39, 0.29) is 5.56 Å². The second-order valence-electron chi connectivity index (χ2n) is 6.42. The van der Waals surface area contributed by atoms with Crippen molar-refractivity contribution in [2.24, 2.45) is 0 Å². The van der Waals surface area contributed by atoms with Crippen LogP contribution in [0.25, 0.3) is 21.3 Å². The van der Waals surface area contributed by atoms with E-state index in [1.165, 1.54) is 16.9 Å². The highest BCUT2D eigenvalue weighted by Crippen LogP contribution is 2.33. The maximum atomic E-state index is 13.2. The third-order valence-electron chi connectivity index (χ3n) is 4.53. The predicted molar refractivity (Wildman–Crippen MR) is 109 cm³/mol. The van der Waals surface area contributed by atoms with Crippen molar-refractivity contribution in [2.45, 2.75) is 20.4 Å². The highest BCUT2D eigenvalue weighted by atomic mass is 35.5. The lowest BCUT2D eigenvalue weighted by molar-refractivity contribution is 0.749. The van der Waals surface area contributed by atoms with Crippen molar-refractivity contribution < 1.29 is 0 Å². The molecular formula is C21H17ClN2OS. The highest BCUT2D eigenvalue weighted by molar-refractivity contribution is 7.17. The van der Waals surface area contributed by atoms with Crippen LogP contribution in [-0.2, 0) is 6.54 Å². The minimum atomic E-state index is -0.0360. The van der Waals surface area contributed by atoms with Gasteiger partial charge in [0.2, 0.25) is 0 Å². The molecular weight excluding hydrogens is 364 g/mol. The molecule has 0 saturated heterocycles. The van der Waals surface area contributed by atoms with Gasteiger partial charge in [-0.15, -0.1) is 11.3 Å². The number of halogens is 1. The molecule has 0 spiro atoms. The lowest BCUT2D eigenvalue weighted by atomic mass is 9.99. The minimum Gasteiger partial charge on any atom is -0.294 e. The molecule has 2 heterocycles. The average Bonchev–Trinajstić information content (AvgIpc) is 3.04. The Morgan fingerprint density at radius 3 is 2.69 bits per heavy atom. The van der Waals surface area contributed by atoms with E-state index in [0.717, 1.165) is 27.1 Å². The van der Waals surface area contributed by atoms with Crippen LogP contribution >= 0.6 is 22.9 Å². The Morgan fingerprint density at radius 2 is 1.92 bits per heavy atom. The topological polar surface area (TPSA) is 34.9 Å². The number of benzene rings is 2. The van der Waals surface area contributed by atoms with Gasteiger partial charge in [0, 0.05) is 16.0 Å². The molecule has 4 rings (SSSR count). The van der Waals surface area contributed by atoms with Gasteiger partial charge in [-0.25, -0.2) is 4.98 Å². The lowest BCUT2D eigenvalue weighted by Crippen LogP contribution is -2.21. The smallest absolute Gasteiger partial charge is 0.263 e. The van der Waals surface area contributed by atoms with Crippen molar-refractivity contribution in [3.8, 4) is 11.1 Å². The first kappa shape index (κ1) is 17.0. The van der Waals surface area contributed by atoms with Crippen LogP contribution in [0, 0.1) is 13.8 Å². The van der Waals surface area contributed by atoms with E-state index in [9.17, 15) is 4.79 Å². The van der Waals surface area contributed by atoms with Gasteiger partial charge in [-0.3, -0.25) is 9.36 Å². The van der Waals surface area contributed by atoms with Crippen LogP contribution in [0.5, 0.6) is 0 Å². The lowest BCUT2D eigenvalue weighted by Gasteiger charge is -2.09. The fourth-order valence-corrected chi connectivity index (χ4v) is 4.30. The van der Waals surface area contributed by atoms with Crippen LogP contribution in [0.2, 0.25) is 5.02 Å². The Labute approximate surface area is 160 Å². The molecule has 4 aromatic rings. The van der Waals surface area contributed by atoms with Gasteiger partial charge in [-0.2, -0.15) is 0 Å². The molecule has 5 heteroatoms. The predicted octanol–water partition coefficient (Wildman–Crippen LogP) is 5.44. The van der Waals surface area contributed by atoms with Gasteiger partial charge in [0.05, 0.1) is 18.3 Å². The van der Waals surface area contributed by atoms with Crippen LogP contribution in [0.1, 0.15) is 16.7 Å². The number of fused-ring (bicyclic) bond motifs is 1. The summed E-state index contributed by atoms with van der Waals surface area (Å²) in [5, 5.41) is 3.35. The van der Waals surface area contributed by atoms with Gasteiger partial charge in [0.1, 0.15) is 4.83 Å². The van der Waals surface area contributed by atoms with Gasteiger partial charge < -0.3 is 0 Å². The van der Waals surface area contributed by atoms with E-state index in [1.807, 2.05) is 29.6 Å². The van der Waals surface area contributed by atoms with Crippen molar-refractivity contribution in [3.63, 3.8) is 0 Å². The summed E-state index contributed by atoms with van der Waals surface area (Å²) >= 11 is 7.76. The molecule has 3 nitrogen and oxygen atoms in total. The normalized spacial score (nSPS) is 11.2. The number of aryl methyl sites for hydroxylation is 2. The molecule has 0 atom stereocenters. The van der Waals surface area contributed by atoms with Crippen molar-refractivity contribution in [1.82, 2.24) is 9.55 Å². The van der Waals surface area contributed by atoms with Crippen LogP contribution < -0.4 is 5.56 Å². The van der Waals surface area contributed by atoms with Crippen molar-refractivity contribution >= 4 is 33.2 Å². The summed E-state index contributed by atoms with van der Waals surface area (Å²) in [4.78, 5) is 18.4. The van der Waals surface area contributed by atoms with Crippen LogP contribution in [0.3, 0.4) is 0 Å². The molecule has 0 radical (unpaired) electrons. The summed E-state index contributed by atoms with van der Waals surface area (Å²) < 4.78 is 1.63. The Hall–Kier alpha value is -2.43.